The zero-order valence-corrected chi connectivity index (χ0v) is 26.0. The van der Waals surface area contributed by atoms with Crippen LogP contribution in [0, 0.1) is 17.3 Å². The number of halogens is 2. The van der Waals surface area contributed by atoms with E-state index in [0.717, 1.165) is 30.4 Å². The van der Waals surface area contributed by atoms with Crippen LogP contribution in [0.4, 0.5) is 5.69 Å². The molecule has 0 amide bonds. The standard InChI is InChI=1S/C29H19I2N3O5S/c1-15(35)39-27-18(11-19(30)14-23(27)31)13-24-28(36)33-26(17-6-4-7-20(12-17)34(37)38)22-10-9-16-5-2-3-8-21(16)25(22)32-29(33)40-24/h2-8,11-14,26H,9-10H2,1H3/b24-13+/t26-/m0/s1. The van der Waals surface area contributed by atoms with Crippen molar-refractivity contribution < 1.29 is 14.5 Å². The highest BCUT2D eigenvalue weighted by Crippen LogP contribution is 2.41. The first-order valence-corrected chi connectivity index (χ1v) is 15.2. The molecule has 6 rings (SSSR count). The molecule has 0 saturated carbocycles. The SMILES string of the molecule is CC(=O)Oc1c(I)cc(I)cc1/C=c1/sc2n(c1=O)[C@@H](c1cccc([N+](=O)[O-])c1)C1=C(N=2)c2ccccc2CC1. The van der Waals surface area contributed by atoms with Gasteiger partial charge in [-0.05, 0) is 92.9 Å². The Morgan fingerprint density at radius 2 is 1.95 bits per heavy atom. The lowest BCUT2D eigenvalue weighted by atomic mass is 9.83. The number of non-ortho nitro benzene ring substituents is 1. The van der Waals surface area contributed by atoms with Crippen molar-refractivity contribution in [2.45, 2.75) is 25.8 Å². The molecule has 8 nitrogen and oxygen atoms in total. The van der Waals surface area contributed by atoms with E-state index in [-0.39, 0.29) is 11.2 Å². The lowest BCUT2D eigenvalue weighted by Crippen LogP contribution is -2.38. The minimum atomic E-state index is -0.536. The number of aryl methyl sites for hydroxylation is 1. The summed E-state index contributed by atoms with van der Waals surface area (Å²) in [7, 11) is 0. The number of allylic oxidation sites excluding steroid dienone is 1. The number of fused-ring (bicyclic) bond motifs is 3. The third-order valence-electron chi connectivity index (χ3n) is 6.84. The number of hydrogen-bond donors (Lipinski definition) is 0. The minimum Gasteiger partial charge on any atom is -0.425 e. The maximum atomic E-state index is 14.1. The van der Waals surface area contributed by atoms with Gasteiger partial charge < -0.3 is 4.74 Å². The molecule has 200 valence electrons. The average Bonchev–Trinajstić information content (AvgIpc) is 3.23. The molecular formula is C29H19I2N3O5S. The average molecular weight is 775 g/mol. The van der Waals surface area contributed by atoms with Crippen LogP contribution in [0.1, 0.15) is 41.6 Å². The Morgan fingerprint density at radius 1 is 1.15 bits per heavy atom. The van der Waals surface area contributed by atoms with Crippen molar-refractivity contribution in [3.8, 4) is 5.75 Å². The first kappa shape index (κ1) is 27.0. The lowest BCUT2D eigenvalue weighted by Gasteiger charge is -2.30. The van der Waals surface area contributed by atoms with Crippen LogP contribution in [-0.2, 0) is 11.2 Å². The van der Waals surface area contributed by atoms with Crippen LogP contribution in [-0.4, -0.2) is 15.5 Å². The Hall–Kier alpha value is -3.17. The van der Waals surface area contributed by atoms with Gasteiger partial charge in [0.15, 0.2) is 10.6 Å². The number of carbonyl (C=O) groups is 1. The van der Waals surface area contributed by atoms with E-state index in [4.69, 9.17) is 9.73 Å². The maximum absolute atomic E-state index is 14.1. The van der Waals surface area contributed by atoms with Crippen LogP contribution in [0.3, 0.4) is 0 Å². The van der Waals surface area contributed by atoms with Gasteiger partial charge in [0.1, 0.15) is 0 Å². The fourth-order valence-corrected chi connectivity index (χ4v) is 8.20. The largest absolute Gasteiger partial charge is 0.425 e. The molecule has 11 heteroatoms. The zero-order chi connectivity index (χ0) is 28.1. The van der Waals surface area contributed by atoms with E-state index in [1.807, 2.05) is 36.4 Å². The fourth-order valence-electron chi connectivity index (χ4n) is 5.21. The summed E-state index contributed by atoms with van der Waals surface area (Å²) in [4.78, 5) is 42.6. The van der Waals surface area contributed by atoms with Crippen LogP contribution < -0.4 is 19.6 Å². The minimum absolute atomic E-state index is 0.0329. The molecule has 0 unspecified atom stereocenters. The highest BCUT2D eigenvalue weighted by Gasteiger charge is 2.33. The molecule has 1 aromatic heterocycles. The lowest BCUT2D eigenvalue weighted by molar-refractivity contribution is -0.384. The summed E-state index contributed by atoms with van der Waals surface area (Å²) in [5.74, 6) is -0.0601. The molecule has 3 aromatic carbocycles. The van der Waals surface area contributed by atoms with Crippen molar-refractivity contribution in [1.82, 2.24) is 4.57 Å². The van der Waals surface area contributed by atoms with Gasteiger partial charge in [-0.3, -0.25) is 24.3 Å². The summed E-state index contributed by atoms with van der Waals surface area (Å²) in [6.07, 6.45) is 3.19. The number of nitro groups is 1. The smallest absolute Gasteiger partial charge is 0.308 e. The topological polar surface area (TPSA) is 104 Å². The van der Waals surface area contributed by atoms with E-state index in [1.54, 1.807) is 22.8 Å². The molecular weight excluding hydrogens is 756 g/mol. The van der Waals surface area contributed by atoms with Gasteiger partial charge in [0, 0.05) is 33.8 Å². The van der Waals surface area contributed by atoms with Crippen molar-refractivity contribution in [2.24, 2.45) is 4.99 Å². The Kier molecular flexibility index (Phi) is 7.21. The number of carbonyl (C=O) groups excluding carboxylic acids is 1. The second kappa shape index (κ2) is 10.7. The molecule has 4 aromatic rings. The molecule has 2 aliphatic rings. The quantitative estimate of drug-likeness (QED) is 0.0914. The number of nitro benzene ring substituents is 1. The number of hydrogen-bond acceptors (Lipinski definition) is 7. The second-order valence-electron chi connectivity index (χ2n) is 9.37. The van der Waals surface area contributed by atoms with Gasteiger partial charge in [0.2, 0.25) is 0 Å². The number of ether oxygens (including phenoxy) is 1. The zero-order valence-electron chi connectivity index (χ0n) is 20.9. The van der Waals surface area contributed by atoms with Crippen LogP contribution in [0.15, 0.2) is 76.0 Å². The van der Waals surface area contributed by atoms with E-state index < -0.39 is 16.9 Å². The molecule has 1 aliphatic carbocycles. The first-order valence-electron chi connectivity index (χ1n) is 12.3. The predicted octanol–water partition coefficient (Wildman–Crippen LogP) is 5.36. The molecule has 0 spiro atoms. The molecule has 40 heavy (non-hydrogen) atoms. The van der Waals surface area contributed by atoms with Gasteiger partial charge >= 0.3 is 5.97 Å². The van der Waals surface area contributed by atoms with Gasteiger partial charge in [-0.2, -0.15) is 0 Å². The van der Waals surface area contributed by atoms with Crippen LogP contribution in [0.25, 0.3) is 11.8 Å². The number of benzene rings is 3. The highest BCUT2D eigenvalue weighted by atomic mass is 127. The number of aromatic nitrogens is 1. The van der Waals surface area contributed by atoms with E-state index in [0.29, 0.717) is 32.6 Å². The molecule has 2 heterocycles. The first-order chi connectivity index (χ1) is 19.2. The monoisotopic (exact) mass is 775 g/mol. The summed E-state index contributed by atoms with van der Waals surface area (Å²) in [6.45, 7) is 1.34. The Labute approximate surface area is 259 Å². The summed E-state index contributed by atoms with van der Waals surface area (Å²) in [5, 5.41) is 11.6. The van der Waals surface area contributed by atoms with Crippen LogP contribution >= 0.6 is 56.5 Å². The van der Waals surface area contributed by atoms with E-state index in [2.05, 4.69) is 51.2 Å². The third-order valence-corrected chi connectivity index (χ3v) is 9.25. The van der Waals surface area contributed by atoms with E-state index in [1.165, 1.54) is 29.9 Å². The second-order valence-corrected chi connectivity index (χ2v) is 12.8. The van der Waals surface area contributed by atoms with Gasteiger partial charge in [0.05, 0.1) is 24.8 Å². The summed E-state index contributed by atoms with van der Waals surface area (Å²) in [6, 6.07) is 17.8. The van der Waals surface area contributed by atoms with E-state index in [9.17, 15) is 19.7 Å². The van der Waals surface area contributed by atoms with Crippen molar-refractivity contribution in [2.75, 3.05) is 0 Å². The number of thiazole rings is 1. The Balaban J connectivity index is 1.63. The molecule has 0 fully saturated rings. The van der Waals surface area contributed by atoms with Crippen molar-refractivity contribution in [3.05, 3.63) is 125 Å². The third kappa shape index (κ3) is 4.83. The molecule has 0 radical (unpaired) electrons. The fraction of sp³-hybridized carbons (Fsp3) is 0.138. The molecule has 1 atom stereocenters. The number of nitrogens with zero attached hydrogens (tertiary/aromatic N) is 3. The Morgan fingerprint density at radius 3 is 2.73 bits per heavy atom. The molecule has 0 N–H and O–H groups in total. The Bertz CT molecular complexity index is 1960. The normalized spacial score (nSPS) is 16.1. The maximum Gasteiger partial charge on any atom is 0.308 e. The van der Waals surface area contributed by atoms with Gasteiger partial charge in [-0.15, -0.1) is 0 Å². The molecule has 0 saturated heterocycles. The highest BCUT2D eigenvalue weighted by molar-refractivity contribution is 14.1. The van der Waals surface area contributed by atoms with Crippen molar-refractivity contribution >= 4 is 79.9 Å². The van der Waals surface area contributed by atoms with Crippen molar-refractivity contribution in [3.63, 3.8) is 0 Å². The summed E-state index contributed by atoms with van der Waals surface area (Å²) < 4.78 is 9.26. The molecule has 0 bridgehead atoms. The van der Waals surface area contributed by atoms with Gasteiger partial charge in [-0.1, -0.05) is 47.7 Å². The number of rotatable bonds is 4. The van der Waals surface area contributed by atoms with E-state index >= 15 is 0 Å². The van der Waals surface area contributed by atoms with Gasteiger partial charge in [-0.25, -0.2) is 4.99 Å². The summed E-state index contributed by atoms with van der Waals surface area (Å²) in [5.41, 5.74) is 4.95. The van der Waals surface area contributed by atoms with Crippen molar-refractivity contribution in [1.29, 1.82) is 0 Å². The van der Waals surface area contributed by atoms with Crippen LogP contribution in [0.2, 0.25) is 0 Å². The molecule has 1 aliphatic heterocycles. The predicted molar refractivity (Wildman–Crippen MR) is 169 cm³/mol. The van der Waals surface area contributed by atoms with Crippen LogP contribution in [0.5, 0.6) is 5.75 Å². The number of esters is 1. The summed E-state index contributed by atoms with van der Waals surface area (Å²) >= 11 is 5.55. The van der Waals surface area contributed by atoms with Gasteiger partial charge in [0.25, 0.3) is 11.2 Å².